The molecule has 0 radical (unpaired) electrons. The van der Waals surface area contributed by atoms with Crippen LogP contribution in [0.4, 0.5) is 36.4 Å². The van der Waals surface area contributed by atoms with Crippen molar-refractivity contribution >= 4 is 23.5 Å². The number of benzene rings is 2. The highest BCUT2D eigenvalue weighted by molar-refractivity contribution is 5.95. The van der Waals surface area contributed by atoms with Crippen molar-refractivity contribution in [3.63, 3.8) is 0 Å². The third kappa shape index (κ3) is 6.40. The number of allylic oxidation sites excluding steroid dienone is 1. The number of rotatable bonds is 6. The van der Waals surface area contributed by atoms with Crippen molar-refractivity contribution in [1.82, 2.24) is 5.32 Å². The monoisotopic (exact) mass is 612 g/mol. The molecule has 0 heterocycles. The molecule has 2 amide bonds. The summed E-state index contributed by atoms with van der Waals surface area (Å²) in [6, 6.07) is 7.21. The van der Waals surface area contributed by atoms with E-state index in [0.717, 1.165) is 11.6 Å². The largest absolute Gasteiger partial charge is 0.478 e. The van der Waals surface area contributed by atoms with E-state index in [1.807, 2.05) is 0 Å². The molecule has 43 heavy (non-hydrogen) atoms. The summed E-state index contributed by atoms with van der Waals surface area (Å²) in [6.07, 6.45) is -7.69. The van der Waals surface area contributed by atoms with E-state index >= 15 is 0 Å². The Hall–Kier alpha value is -3.90. The SMILES string of the molecule is O=C(O)c1cccc(C2CCC(C(=O)N[C@H]3[C@@H](C(=O)Nc4ccc(F)c(C(F)(F)F)c4)[C@H]4CC[C@@H]3/C4=C\C(F)(F)F)C2)c1. The molecule has 3 aliphatic rings. The van der Waals surface area contributed by atoms with Crippen molar-refractivity contribution in [2.24, 2.45) is 23.7 Å². The van der Waals surface area contributed by atoms with Gasteiger partial charge in [-0.1, -0.05) is 17.7 Å². The smallest absolute Gasteiger partial charge is 0.419 e. The zero-order valence-electron chi connectivity index (χ0n) is 22.4. The molecule has 2 bridgehead atoms. The molecule has 230 valence electrons. The fourth-order valence-electron chi connectivity index (χ4n) is 6.96. The minimum absolute atomic E-state index is 0.0391. The molecule has 13 heteroatoms. The van der Waals surface area contributed by atoms with Gasteiger partial charge < -0.3 is 15.7 Å². The Morgan fingerprint density at radius 1 is 0.884 bits per heavy atom. The molecule has 3 aliphatic carbocycles. The van der Waals surface area contributed by atoms with Crippen molar-refractivity contribution in [1.29, 1.82) is 0 Å². The van der Waals surface area contributed by atoms with E-state index in [1.54, 1.807) is 12.1 Å². The Morgan fingerprint density at radius 3 is 2.28 bits per heavy atom. The Morgan fingerprint density at radius 2 is 1.60 bits per heavy atom. The van der Waals surface area contributed by atoms with Gasteiger partial charge >= 0.3 is 18.3 Å². The van der Waals surface area contributed by atoms with E-state index in [9.17, 15) is 50.2 Å². The van der Waals surface area contributed by atoms with Crippen LogP contribution in [0.2, 0.25) is 0 Å². The molecule has 2 unspecified atom stereocenters. The van der Waals surface area contributed by atoms with Crippen LogP contribution >= 0.6 is 0 Å². The van der Waals surface area contributed by atoms with Crippen LogP contribution in [0.15, 0.2) is 54.1 Å². The first-order valence-electron chi connectivity index (χ1n) is 13.7. The first-order valence-corrected chi connectivity index (χ1v) is 13.7. The number of halogens is 7. The highest BCUT2D eigenvalue weighted by Crippen LogP contribution is 2.54. The maximum atomic E-state index is 13.8. The van der Waals surface area contributed by atoms with Gasteiger partial charge in [-0.3, -0.25) is 9.59 Å². The summed E-state index contributed by atoms with van der Waals surface area (Å²) in [5.74, 6) is -7.51. The molecule has 0 aliphatic heterocycles. The number of carboxylic acid groups (broad SMARTS) is 1. The molecule has 0 saturated heterocycles. The van der Waals surface area contributed by atoms with E-state index in [2.05, 4.69) is 10.6 Å². The molecule has 5 rings (SSSR count). The van der Waals surface area contributed by atoms with Gasteiger partial charge in [0, 0.05) is 29.6 Å². The number of carbonyl (C=O) groups is 3. The van der Waals surface area contributed by atoms with Gasteiger partial charge in [0.2, 0.25) is 11.8 Å². The Kier molecular flexibility index (Phi) is 8.03. The van der Waals surface area contributed by atoms with Crippen molar-refractivity contribution < 1.29 is 50.2 Å². The maximum absolute atomic E-state index is 13.8. The zero-order valence-corrected chi connectivity index (χ0v) is 22.4. The number of hydrogen-bond donors (Lipinski definition) is 3. The van der Waals surface area contributed by atoms with Gasteiger partial charge in [-0.2, -0.15) is 26.3 Å². The highest BCUT2D eigenvalue weighted by atomic mass is 19.4. The lowest BCUT2D eigenvalue weighted by molar-refractivity contribution is -0.140. The van der Waals surface area contributed by atoms with Crippen molar-refractivity contribution in [3.8, 4) is 0 Å². The molecule has 3 saturated carbocycles. The number of nitrogens with one attached hydrogen (secondary N) is 2. The predicted molar refractivity (Wildman–Crippen MR) is 139 cm³/mol. The summed E-state index contributed by atoms with van der Waals surface area (Å²) in [7, 11) is 0. The van der Waals surface area contributed by atoms with Crippen LogP contribution in [0.1, 0.15) is 59.5 Å². The Labute approximate surface area is 241 Å². The summed E-state index contributed by atoms with van der Waals surface area (Å²) in [5, 5.41) is 14.4. The quantitative estimate of drug-likeness (QED) is 0.250. The number of alkyl halides is 6. The van der Waals surface area contributed by atoms with Gasteiger partial charge in [0.15, 0.2) is 0 Å². The number of fused-ring (bicyclic) bond motifs is 2. The first-order chi connectivity index (χ1) is 20.1. The number of carbonyl (C=O) groups excluding carboxylic acids is 2. The van der Waals surface area contributed by atoms with Gasteiger partial charge in [-0.15, -0.1) is 0 Å². The normalized spacial score (nSPS) is 27.8. The second kappa shape index (κ2) is 11.3. The summed E-state index contributed by atoms with van der Waals surface area (Å²) in [5.41, 5.74) is -1.17. The minimum atomic E-state index is -5.04. The van der Waals surface area contributed by atoms with E-state index in [0.29, 0.717) is 31.4 Å². The first kappa shape index (κ1) is 30.6. The van der Waals surface area contributed by atoms with Crippen LogP contribution < -0.4 is 10.6 Å². The van der Waals surface area contributed by atoms with Gasteiger partial charge in [-0.05, 0) is 79.8 Å². The fourth-order valence-corrected chi connectivity index (χ4v) is 6.96. The van der Waals surface area contributed by atoms with Crippen molar-refractivity contribution in [3.05, 3.63) is 76.6 Å². The summed E-state index contributed by atoms with van der Waals surface area (Å²) < 4.78 is 93.6. The number of carboxylic acids is 1. The topological polar surface area (TPSA) is 95.5 Å². The number of anilines is 1. The van der Waals surface area contributed by atoms with E-state index in [1.165, 1.54) is 12.1 Å². The fraction of sp³-hybridized carbons (Fsp3) is 0.433. The predicted octanol–water partition coefficient (Wildman–Crippen LogP) is 6.69. The lowest BCUT2D eigenvalue weighted by atomic mass is 9.83. The van der Waals surface area contributed by atoms with Crippen LogP contribution in [0.25, 0.3) is 0 Å². The van der Waals surface area contributed by atoms with Crippen LogP contribution in [0, 0.1) is 29.5 Å². The van der Waals surface area contributed by atoms with E-state index in [-0.39, 0.29) is 41.7 Å². The second-order valence-electron chi connectivity index (χ2n) is 11.4. The molecule has 6 nitrogen and oxygen atoms in total. The van der Waals surface area contributed by atoms with Crippen LogP contribution in [0.5, 0.6) is 0 Å². The summed E-state index contributed by atoms with van der Waals surface area (Å²) >= 11 is 0. The summed E-state index contributed by atoms with van der Waals surface area (Å²) in [4.78, 5) is 38.1. The Bertz CT molecular complexity index is 1470. The van der Waals surface area contributed by atoms with Gasteiger partial charge in [0.1, 0.15) is 5.82 Å². The van der Waals surface area contributed by atoms with Crippen LogP contribution in [-0.2, 0) is 15.8 Å². The van der Waals surface area contributed by atoms with Crippen LogP contribution in [0.3, 0.4) is 0 Å². The molecular formula is C30H27F7N2O4. The number of aromatic carboxylic acids is 1. The third-order valence-corrected chi connectivity index (χ3v) is 8.79. The molecule has 3 N–H and O–H groups in total. The minimum Gasteiger partial charge on any atom is -0.478 e. The average molecular weight is 613 g/mol. The standard InChI is InChI=1S/C30H27F7N2O4/c31-23-9-6-18(12-22(23)30(35,36)37)38-27(41)24-19-7-8-20(21(19)13-29(32,33)34)25(24)39-26(40)16-5-4-15(10-16)14-2-1-3-17(11-14)28(42)43/h1-3,6,9,11-13,15-16,19-20,24-25H,4-5,7-8,10H2,(H,38,41)(H,39,40)(H,42,43)/b21-13-/t15?,16?,19-,20+,24-,25+/m0/s1. The lowest BCUT2D eigenvalue weighted by Crippen LogP contribution is -2.49. The maximum Gasteiger partial charge on any atom is 0.419 e. The number of amides is 2. The highest BCUT2D eigenvalue weighted by Gasteiger charge is 2.56. The summed E-state index contributed by atoms with van der Waals surface area (Å²) in [6.45, 7) is 0. The molecule has 3 fully saturated rings. The molecule has 0 spiro atoms. The van der Waals surface area contributed by atoms with Crippen molar-refractivity contribution in [2.45, 2.75) is 56.4 Å². The molecule has 2 aromatic carbocycles. The van der Waals surface area contributed by atoms with Gasteiger partial charge in [0.25, 0.3) is 0 Å². The molecular weight excluding hydrogens is 585 g/mol. The third-order valence-electron chi connectivity index (χ3n) is 8.79. The van der Waals surface area contributed by atoms with Gasteiger partial charge in [-0.25, -0.2) is 9.18 Å². The van der Waals surface area contributed by atoms with Crippen LogP contribution in [-0.4, -0.2) is 35.1 Å². The number of hydrogen-bond acceptors (Lipinski definition) is 3. The van der Waals surface area contributed by atoms with Crippen molar-refractivity contribution in [2.75, 3.05) is 5.32 Å². The second-order valence-corrected chi connectivity index (χ2v) is 11.4. The lowest BCUT2D eigenvalue weighted by Gasteiger charge is -2.31. The molecule has 6 atom stereocenters. The van der Waals surface area contributed by atoms with E-state index in [4.69, 9.17) is 0 Å². The van der Waals surface area contributed by atoms with Gasteiger partial charge in [0.05, 0.1) is 17.0 Å². The Balaban J connectivity index is 1.36. The average Bonchev–Trinajstić information content (AvgIpc) is 3.62. The molecule has 0 aromatic heterocycles. The zero-order chi connectivity index (χ0) is 31.3. The van der Waals surface area contributed by atoms with E-state index < -0.39 is 71.2 Å². The molecule has 2 aromatic rings.